The Labute approximate surface area is 177 Å². The summed E-state index contributed by atoms with van der Waals surface area (Å²) in [6.45, 7) is -0.140. The molecule has 0 aromatic heterocycles. The van der Waals surface area contributed by atoms with Gasteiger partial charge in [-0.05, 0) is 17.7 Å². The molecule has 2 aromatic carbocycles. The van der Waals surface area contributed by atoms with Crippen molar-refractivity contribution < 1.29 is 29.2 Å². The van der Waals surface area contributed by atoms with E-state index in [1.165, 1.54) is 4.90 Å². The van der Waals surface area contributed by atoms with E-state index in [2.05, 4.69) is 0 Å². The highest BCUT2D eigenvalue weighted by Crippen LogP contribution is 2.53. The lowest BCUT2D eigenvalue weighted by molar-refractivity contribution is -0.539. The maximum Gasteiger partial charge on any atom is 0.340 e. The Morgan fingerprint density at radius 1 is 1.19 bits per heavy atom. The summed E-state index contributed by atoms with van der Waals surface area (Å²) < 4.78 is 5.05. The van der Waals surface area contributed by atoms with Gasteiger partial charge in [0.2, 0.25) is 17.4 Å². The van der Waals surface area contributed by atoms with Crippen molar-refractivity contribution in [3.8, 4) is 0 Å². The minimum absolute atomic E-state index is 0.140. The summed E-state index contributed by atoms with van der Waals surface area (Å²) >= 11 is 0. The fourth-order valence-electron chi connectivity index (χ4n) is 5.12. The predicted octanol–water partition coefficient (Wildman–Crippen LogP) is 2.13. The molecule has 0 spiro atoms. The van der Waals surface area contributed by atoms with Crippen LogP contribution in [0.2, 0.25) is 0 Å². The second-order valence-corrected chi connectivity index (χ2v) is 7.74. The molecule has 0 aliphatic carbocycles. The highest BCUT2D eigenvalue weighted by Gasteiger charge is 2.70. The number of hydrogen-bond acceptors (Lipinski definition) is 7. The van der Waals surface area contributed by atoms with E-state index in [-0.39, 0.29) is 12.1 Å². The molecule has 0 unspecified atom stereocenters. The highest BCUT2D eigenvalue weighted by molar-refractivity contribution is 6.26. The molecule has 2 aromatic rings. The van der Waals surface area contributed by atoms with Crippen LogP contribution in [-0.4, -0.2) is 53.0 Å². The first-order chi connectivity index (χ1) is 14.8. The Morgan fingerprint density at radius 2 is 1.84 bits per heavy atom. The van der Waals surface area contributed by atoms with E-state index in [4.69, 9.17) is 4.74 Å². The lowest BCUT2D eigenvalue weighted by atomic mass is 9.65. The van der Waals surface area contributed by atoms with Crippen LogP contribution >= 0.6 is 0 Å². The summed E-state index contributed by atoms with van der Waals surface area (Å²) in [5.74, 6) is -4.84. The topological polar surface area (TPSA) is 127 Å². The number of carboxylic acids is 1. The first-order valence-corrected chi connectivity index (χ1v) is 9.74. The van der Waals surface area contributed by atoms with Crippen molar-refractivity contribution in [3.63, 3.8) is 0 Å². The number of nitrogens with zero attached hydrogens (tertiary/aromatic N) is 2. The first kappa shape index (κ1) is 20.5. The van der Waals surface area contributed by atoms with Crippen LogP contribution in [0.3, 0.4) is 0 Å². The third kappa shape index (κ3) is 2.88. The Morgan fingerprint density at radius 3 is 2.45 bits per heavy atom. The first-order valence-electron chi connectivity index (χ1n) is 9.74. The molecule has 2 aliphatic heterocycles. The number of carbonyl (C=O) groups is 3. The van der Waals surface area contributed by atoms with Crippen molar-refractivity contribution in [2.24, 2.45) is 5.92 Å². The zero-order chi connectivity index (χ0) is 22.3. The molecule has 160 valence electrons. The van der Waals surface area contributed by atoms with Crippen molar-refractivity contribution in [3.05, 3.63) is 75.8 Å². The summed E-state index contributed by atoms with van der Waals surface area (Å²) in [6, 6.07) is 13.4. The second kappa shape index (κ2) is 7.50. The van der Waals surface area contributed by atoms with E-state index < -0.39 is 52.5 Å². The average molecular weight is 424 g/mol. The third-order valence-corrected chi connectivity index (χ3v) is 6.24. The number of para-hydroxylation sites is 1. The molecule has 0 saturated carbocycles. The molecule has 1 N–H and O–H groups in total. The van der Waals surface area contributed by atoms with E-state index in [9.17, 15) is 29.6 Å². The van der Waals surface area contributed by atoms with Gasteiger partial charge in [0.1, 0.15) is 0 Å². The number of carbonyl (C=O) groups excluding carboxylic acids is 2. The summed E-state index contributed by atoms with van der Waals surface area (Å²) in [5.41, 5.74) is -0.897. The van der Waals surface area contributed by atoms with Crippen molar-refractivity contribution in [2.45, 2.75) is 23.9 Å². The second-order valence-electron chi connectivity index (χ2n) is 7.74. The van der Waals surface area contributed by atoms with Crippen molar-refractivity contribution in [1.29, 1.82) is 0 Å². The molecule has 31 heavy (non-hydrogen) atoms. The maximum absolute atomic E-state index is 13.8. The van der Waals surface area contributed by atoms with Gasteiger partial charge < -0.3 is 14.7 Å². The molecule has 0 amide bonds. The van der Waals surface area contributed by atoms with Crippen LogP contribution in [0.4, 0.5) is 5.69 Å². The number of Topliss-reactive ketones (excluding diaryl/α,β-unsaturated/α-hetero) is 1. The number of anilines is 1. The number of esters is 1. The fourth-order valence-corrected chi connectivity index (χ4v) is 5.12. The summed E-state index contributed by atoms with van der Waals surface area (Å²) in [6.07, 6.45) is -0.473. The van der Waals surface area contributed by atoms with Crippen LogP contribution < -0.4 is 4.90 Å². The van der Waals surface area contributed by atoms with Crippen LogP contribution in [0.5, 0.6) is 0 Å². The van der Waals surface area contributed by atoms with E-state index in [0.717, 1.165) is 7.11 Å². The average Bonchev–Trinajstić information content (AvgIpc) is 3.01. The summed E-state index contributed by atoms with van der Waals surface area (Å²) in [7, 11) is 1.14. The minimum Gasteiger partial charge on any atom is -0.481 e. The zero-order valence-corrected chi connectivity index (χ0v) is 16.6. The molecule has 1 fully saturated rings. The number of hydrogen-bond donors (Lipinski definition) is 1. The van der Waals surface area contributed by atoms with E-state index in [0.29, 0.717) is 11.3 Å². The number of methoxy groups -OCH3 is 1. The number of nitro groups is 1. The van der Waals surface area contributed by atoms with Gasteiger partial charge in [-0.1, -0.05) is 42.5 Å². The van der Waals surface area contributed by atoms with Gasteiger partial charge >= 0.3 is 11.9 Å². The highest BCUT2D eigenvalue weighted by atomic mass is 16.6. The number of piperidine rings is 1. The number of benzene rings is 2. The smallest absolute Gasteiger partial charge is 0.340 e. The molecule has 4 rings (SSSR count). The Kier molecular flexibility index (Phi) is 4.96. The van der Waals surface area contributed by atoms with Gasteiger partial charge in [0, 0.05) is 22.7 Å². The van der Waals surface area contributed by atoms with Gasteiger partial charge in [0.05, 0.1) is 25.4 Å². The zero-order valence-electron chi connectivity index (χ0n) is 16.6. The summed E-state index contributed by atoms with van der Waals surface area (Å²) in [5, 5.41) is 21.7. The third-order valence-electron chi connectivity index (χ3n) is 6.24. The standard InChI is InChI=1S/C22H20N2O7/c1-31-21(28)22-18(13-7-3-2-4-8-13)19(24(29)30)14(11-17(25)26)12-23(22)16-10-6-5-9-15(16)20(22)27/h2-10,14,18-19H,11-12H2,1H3,(H,25,26)/t14-,18-,19+,22+/m1/s1. The van der Waals surface area contributed by atoms with E-state index >= 15 is 0 Å². The lowest BCUT2D eigenvalue weighted by Crippen LogP contribution is -2.70. The molecule has 2 heterocycles. The normalized spacial score (nSPS) is 26.7. The molecule has 9 heteroatoms. The Balaban J connectivity index is 2.04. The van der Waals surface area contributed by atoms with Crippen molar-refractivity contribution in [1.82, 2.24) is 0 Å². The number of carboxylic acid groups (broad SMARTS) is 1. The van der Waals surface area contributed by atoms with Crippen molar-refractivity contribution >= 4 is 23.4 Å². The quantitative estimate of drug-likeness (QED) is 0.335. The minimum atomic E-state index is -1.99. The predicted molar refractivity (Wildman–Crippen MR) is 109 cm³/mol. The van der Waals surface area contributed by atoms with Crippen LogP contribution in [0, 0.1) is 16.0 Å². The van der Waals surface area contributed by atoms with Gasteiger partial charge in [-0.15, -0.1) is 0 Å². The van der Waals surface area contributed by atoms with Gasteiger partial charge in [-0.25, -0.2) is 4.79 Å². The molecule has 1 saturated heterocycles. The van der Waals surface area contributed by atoms with Crippen LogP contribution in [0.1, 0.15) is 28.3 Å². The van der Waals surface area contributed by atoms with Crippen LogP contribution in [0.25, 0.3) is 0 Å². The molecular weight excluding hydrogens is 404 g/mol. The van der Waals surface area contributed by atoms with Crippen LogP contribution in [0.15, 0.2) is 54.6 Å². The molecule has 0 bridgehead atoms. The number of rotatable bonds is 5. The molecule has 0 radical (unpaired) electrons. The molecule has 2 aliphatic rings. The van der Waals surface area contributed by atoms with Gasteiger partial charge in [0.15, 0.2) is 0 Å². The molecule has 4 atom stereocenters. The largest absolute Gasteiger partial charge is 0.481 e. The van der Waals surface area contributed by atoms with E-state index in [1.54, 1.807) is 54.6 Å². The van der Waals surface area contributed by atoms with Crippen LogP contribution in [-0.2, 0) is 14.3 Å². The monoisotopic (exact) mass is 424 g/mol. The SMILES string of the molecule is COC(=O)[C@]12C(=O)c3ccccc3N1C[C@@H](CC(=O)O)[C@H]([N+](=O)[O-])[C@H]2c1ccccc1. The number of fused-ring (bicyclic) bond motifs is 3. The Bertz CT molecular complexity index is 1070. The fraction of sp³-hybridized carbons (Fsp3) is 0.318. The number of ketones is 1. The summed E-state index contributed by atoms with van der Waals surface area (Å²) in [4.78, 5) is 51.8. The van der Waals surface area contributed by atoms with E-state index in [1.807, 2.05) is 0 Å². The molecule has 9 nitrogen and oxygen atoms in total. The number of aliphatic carboxylic acids is 1. The van der Waals surface area contributed by atoms with Crippen molar-refractivity contribution in [2.75, 3.05) is 18.6 Å². The van der Waals surface area contributed by atoms with Gasteiger partial charge in [-0.2, -0.15) is 0 Å². The maximum atomic E-state index is 13.8. The Hall–Kier alpha value is -3.75. The molecular formula is C22H20N2O7. The number of ether oxygens (including phenoxy) is 1. The van der Waals surface area contributed by atoms with Gasteiger partial charge in [0.25, 0.3) is 0 Å². The lowest BCUT2D eigenvalue weighted by Gasteiger charge is -2.49. The van der Waals surface area contributed by atoms with Gasteiger partial charge in [-0.3, -0.25) is 19.7 Å².